The Balaban J connectivity index is 1.77. The molecule has 0 bridgehead atoms. The van der Waals surface area contributed by atoms with E-state index in [0.29, 0.717) is 0 Å². The van der Waals surface area contributed by atoms with Crippen LogP contribution in [-0.2, 0) is 0 Å². The normalized spacial score (nSPS) is 10.4. The molecule has 19 heavy (non-hydrogen) atoms. The third-order valence-corrected chi connectivity index (χ3v) is 3.32. The number of hydrogen-bond donors (Lipinski definition) is 0. The topological polar surface area (TPSA) is 14.2 Å². The average molecular weight is 314 g/mol. The highest BCUT2D eigenvalue weighted by Gasteiger charge is 1.99. The van der Waals surface area contributed by atoms with E-state index in [1.807, 2.05) is 73.1 Å². The van der Waals surface area contributed by atoms with Gasteiger partial charge in [0.1, 0.15) is 11.5 Å². The fourth-order valence-corrected chi connectivity index (χ4v) is 2.10. The highest BCUT2D eigenvalue weighted by Crippen LogP contribution is 2.24. The first-order valence-electron chi connectivity index (χ1n) is 5.98. The maximum absolute atomic E-state index is 5.78. The fraction of sp³-hybridized carbons (Fsp3) is 0. The number of ether oxygens (including phenoxy) is 1. The van der Waals surface area contributed by atoms with Crippen molar-refractivity contribution in [2.24, 2.45) is 0 Å². The van der Waals surface area contributed by atoms with Gasteiger partial charge in [-0.1, -0.05) is 15.9 Å². The zero-order chi connectivity index (χ0) is 13.1. The number of halogens is 1. The zero-order valence-electron chi connectivity index (χ0n) is 10.2. The summed E-state index contributed by atoms with van der Waals surface area (Å²) in [7, 11) is 0. The van der Waals surface area contributed by atoms with Gasteiger partial charge in [-0.2, -0.15) is 0 Å². The molecule has 0 unspecified atom stereocenters. The maximum Gasteiger partial charge on any atom is 0.127 e. The molecule has 0 atom stereocenters. The van der Waals surface area contributed by atoms with Gasteiger partial charge in [-0.15, -0.1) is 0 Å². The third kappa shape index (κ3) is 2.88. The predicted octanol–water partition coefficient (Wildman–Crippen LogP) is 5.03. The summed E-state index contributed by atoms with van der Waals surface area (Å²) in [5, 5.41) is 0. The summed E-state index contributed by atoms with van der Waals surface area (Å²) in [5.41, 5.74) is 1.12. The monoisotopic (exact) mass is 313 g/mol. The quantitative estimate of drug-likeness (QED) is 0.661. The largest absolute Gasteiger partial charge is 0.457 e. The summed E-state index contributed by atoms with van der Waals surface area (Å²) in [4.78, 5) is 0. The Morgan fingerprint density at radius 1 is 0.737 bits per heavy atom. The molecular formula is C16H12BrNO. The van der Waals surface area contributed by atoms with Crippen LogP contribution in [0.25, 0.3) is 5.69 Å². The van der Waals surface area contributed by atoms with Crippen LogP contribution in [0.2, 0.25) is 0 Å². The van der Waals surface area contributed by atoms with E-state index in [4.69, 9.17) is 4.74 Å². The van der Waals surface area contributed by atoms with Crippen molar-refractivity contribution < 1.29 is 4.74 Å². The standard InChI is InChI=1S/C16H12BrNO/c17-13-3-7-15(8-4-13)19-16-9-5-14(6-10-16)18-11-1-2-12-18/h1-12H. The Bertz CT molecular complexity index is 642. The first-order valence-corrected chi connectivity index (χ1v) is 6.77. The van der Waals surface area contributed by atoms with Crippen molar-refractivity contribution in [2.45, 2.75) is 0 Å². The van der Waals surface area contributed by atoms with Gasteiger partial charge in [-0.3, -0.25) is 0 Å². The Kier molecular flexibility index (Phi) is 3.38. The van der Waals surface area contributed by atoms with E-state index < -0.39 is 0 Å². The van der Waals surface area contributed by atoms with E-state index in [1.54, 1.807) is 0 Å². The van der Waals surface area contributed by atoms with E-state index >= 15 is 0 Å². The van der Waals surface area contributed by atoms with Crippen LogP contribution in [0.15, 0.2) is 77.5 Å². The van der Waals surface area contributed by atoms with Crippen LogP contribution in [0.4, 0.5) is 0 Å². The second-order valence-electron chi connectivity index (χ2n) is 4.14. The van der Waals surface area contributed by atoms with Crippen LogP contribution in [-0.4, -0.2) is 4.57 Å². The van der Waals surface area contributed by atoms with E-state index in [2.05, 4.69) is 20.5 Å². The van der Waals surface area contributed by atoms with Gasteiger partial charge < -0.3 is 9.30 Å². The molecule has 1 aromatic heterocycles. The van der Waals surface area contributed by atoms with Crippen LogP contribution >= 0.6 is 15.9 Å². The predicted molar refractivity (Wildman–Crippen MR) is 80.0 cm³/mol. The molecule has 1 heterocycles. The molecular weight excluding hydrogens is 302 g/mol. The summed E-state index contributed by atoms with van der Waals surface area (Å²) >= 11 is 3.40. The molecule has 0 spiro atoms. The molecule has 0 radical (unpaired) electrons. The second kappa shape index (κ2) is 5.33. The number of aromatic nitrogens is 1. The van der Waals surface area contributed by atoms with Crippen molar-refractivity contribution in [1.82, 2.24) is 4.57 Å². The lowest BCUT2D eigenvalue weighted by molar-refractivity contribution is 0.482. The molecule has 0 N–H and O–H groups in total. The van der Waals surface area contributed by atoms with Crippen molar-refractivity contribution in [3.63, 3.8) is 0 Å². The molecule has 2 nitrogen and oxygen atoms in total. The molecule has 0 saturated heterocycles. The second-order valence-corrected chi connectivity index (χ2v) is 5.06. The number of hydrogen-bond acceptors (Lipinski definition) is 1. The minimum absolute atomic E-state index is 0.830. The lowest BCUT2D eigenvalue weighted by atomic mass is 10.3. The van der Waals surface area contributed by atoms with E-state index in [-0.39, 0.29) is 0 Å². The minimum atomic E-state index is 0.830. The van der Waals surface area contributed by atoms with Crippen molar-refractivity contribution in [3.05, 3.63) is 77.5 Å². The van der Waals surface area contributed by atoms with Gasteiger partial charge in [0.2, 0.25) is 0 Å². The Morgan fingerprint density at radius 2 is 1.26 bits per heavy atom. The zero-order valence-corrected chi connectivity index (χ0v) is 11.7. The highest BCUT2D eigenvalue weighted by atomic mass is 79.9. The van der Waals surface area contributed by atoms with Crippen LogP contribution in [0.5, 0.6) is 11.5 Å². The van der Waals surface area contributed by atoms with Crippen molar-refractivity contribution in [2.75, 3.05) is 0 Å². The molecule has 3 heteroatoms. The van der Waals surface area contributed by atoms with Gasteiger partial charge in [0.25, 0.3) is 0 Å². The average Bonchev–Trinajstić information content (AvgIpc) is 2.96. The summed E-state index contributed by atoms with van der Waals surface area (Å²) in [6.45, 7) is 0. The highest BCUT2D eigenvalue weighted by molar-refractivity contribution is 9.10. The number of benzene rings is 2. The fourth-order valence-electron chi connectivity index (χ4n) is 1.83. The van der Waals surface area contributed by atoms with Crippen molar-refractivity contribution in [1.29, 1.82) is 0 Å². The van der Waals surface area contributed by atoms with Gasteiger partial charge >= 0.3 is 0 Å². The molecule has 3 aromatic rings. The van der Waals surface area contributed by atoms with Crippen LogP contribution in [0, 0.1) is 0 Å². The SMILES string of the molecule is Brc1ccc(Oc2ccc(-n3cccc3)cc2)cc1. The molecule has 0 aliphatic carbocycles. The molecule has 2 aromatic carbocycles. The first kappa shape index (κ1) is 12.1. The maximum atomic E-state index is 5.78. The van der Waals surface area contributed by atoms with E-state index in [9.17, 15) is 0 Å². The van der Waals surface area contributed by atoms with Gasteiger partial charge in [-0.05, 0) is 60.7 Å². The molecule has 0 fully saturated rings. The summed E-state index contributed by atoms with van der Waals surface area (Å²) in [6.07, 6.45) is 4.04. The first-order chi connectivity index (χ1) is 9.31. The lowest BCUT2D eigenvalue weighted by Gasteiger charge is -2.07. The van der Waals surface area contributed by atoms with Gasteiger partial charge in [0, 0.05) is 22.6 Å². The van der Waals surface area contributed by atoms with Crippen molar-refractivity contribution >= 4 is 15.9 Å². The summed E-state index contributed by atoms with van der Waals surface area (Å²) < 4.78 is 8.88. The Morgan fingerprint density at radius 3 is 1.84 bits per heavy atom. The van der Waals surface area contributed by atoms with Gasteiger partial charge in [0.15, 0.2) is 0 Å². The minimum Gasteiger partial charge on any atom is -0.457 e. The van der Waals surface area contributed by atoms with E-state index in [0.717, 1.165) is 21.7 Å². The summed E-state index contributed by atoms with van der Waals surface area (Å²) in [5.74, 6) is 1.66. The molecule has 0 amide bonds. The molecule has 94 valence electrons. The molecule has 3 rings (SSSR count). The van der Waals surface area contributed by atoms with Crippen LogP contribution in [0.1, 0.15) is 0 Å². The Labute approximate surface area is 120 Å². The van der Waals surface area contributed by atoms with Gasteiger partial charge in [0.05, 0.1) is 0 Å². The Hall–Kier alpha value is -2.00. The number of nitrogens with zero attached hydrogens (tertiary/aromatic N) is 1. The number of rotatable bonds is 3. The van der Waals surface area contributed by atoms with Crippen LogP contribution < -0.4 is 4.74 Å². The van der Waals surface area contributed by atoms with Crippen molar-refractivity contribution in [3.8, 4) is 17.2 Å². The molecule has 0 saturated carbocycles. The van der Waals surface area contributed by atoms with Gasteiger partial charge in [-0.25, -0.2) is 0 Å². The third-order valence-electron chi connectivity index (χ3n) is 2.79. The van der Waals surface area contributed by atoms with E-state index in [1.165, 1.54) is 0 Å². The molecule has 0 aliphatic heterocycles. The summed E-state index contributed by atoms with van der Waals surface area (Å²) in [6, 6.07) is 19.8. The molecule has 0 aliphatic rings. The smallest absolute Gasteiger partial charge is 0.127 e. The lowest BCUT2D eigenvalue weighted by Crippen LogP contribution is -1.89. The van der Waals surface area contributed by atoms with Crippen LogP contribution in [0.3, 0.4) is 0 Å².